The summed E-state index contributed by atoms with van der Waals surface area (Å²) < 4.78 is 47.9. The summed E-state index contributed by atoms with van der Waals surface area (Å²) in [6.07, 6.45) is -2.77. The molecule has 0 spiro atoms. The molecule has 25 heavy (non-hydrogen) atoms. The van der Waals surface area contributed by atoms with Crippen LogP contribution >= 0.6 is 15.6 Å². The Kier molecular flexibility index (Phi) is 7.32. The second-order valence-electron chi connectivity index (χ2n) is 6.20. The minimum atomic E-state index is -4.70. The smallest absolute Gasteiger partial charge is 0.390 e. The molecular formula is C10H22B2O11P2. The number of phosphoric acid groups is 2. The van der Waals surface area contributed by atoms with Crippen LogP contribution in [-0.2, 0) is 32.2 Å². The van der Waals surface area contributed by atoms with E-state index in [1.807, 2.05) is 0 Å². The minimum absolute atomic E-state index is 0.180. The van der Waals surface area contributed by atoms with Gasteiger partial charge >= 0.3 is 15.6 Å². The maximum atomic E-state index is 12.1. The Labute approximate surface area is 146 Å². The van der Waals surface area contributed by atoms with Crippen molar-refractivity contribution in [3.8, 4) is 0 Å². The van der Waals surface area contributed by atoms with Crippen LogP contribution in [-0.4, -0.2) is 85.1 Å². The summed E-state index contributed by atoms with van der Waals surface area (Å²) in [7, 11) is -5.74. The fourth-order valence-electron chi connectivity index (χ4n) is 2.80. The van der Waals surface area contributed by atoms with Crippen LogP contribution in [0.4, 0.5) is 0 Å². The zero-order valence-corrected chi connectivity index (χ0v) is 15.6. The summed E-state index contributed by atoms with van der Waals surface area (Å²) in [6, 6.07) is -0.530. The number of phosphoric ester groups is 2. The summed E-state index contributed by atoms with van der Waals surface area (Å²) in [5.74, 6) is 0. The molecular weight excluding hydrogens is 380 g/mol. The number of aliphatic hydroxyl groups excluding tert-OH is 1. The van der Waals surface area contributed by atoms with Gasteiger partial charge in [-0.2, -0.15) is 0 Å². The molecule has 4 N–H and O–H groups in total. The molecule has 2 rings (SSSR count). The van der Waals surface area contributed by atoms with E-state index in [0.29, 0.717) is 6.42 Å². The lowest BCUT2D eigenvalue weighted by atomic mass is 9.96. The third kappa shape index (κ3) is 7.04. The van der Waals surface area contributed by atoms with Crippen molar-refractivity contribution in [1.29, 1.82) is 0 Å². The van der Waals surface area contributed by atoms with E-state index < -0.39 is 46.7 Å². The van der Waals surface area contributed by atoms with Gasteiger partial charge in [-0.15, -0.1) is 0 Å². The molecule has 2 aliphatic heterocycles. The third-order valence-electron chi connectivity index (χ3n) is 3.87. The highest BCUT2D eigenvalue weighted by atomic mass is 31.2. The van der Waals surface area contributed by atoms with Crippen molar-refractivity contribution >= 4 is 31.3 Å². The second-order valence-corrected chi connectivity index (χ2v) is 8.85. The van der Waals surface area contributed by atoms with Gasteiger partial charge in [0.2, 0.25) is 0 Å². The van der Waals surface area contributed by atoms with Gasteiger partial charge in [0.05, 0.1) is 25.4 Å². The quantitative estimate of drug-likeness (QED) is 0.250. The molecule has 0 aromatic heterocycles. The second kappa shape index (κ2) is 8.50. The predicted molar refractivity (Wildman–Crippen MR) is 88.3 cm³/mol. The van der Waals surface area contributed by atoms with Gasteiger partial charge in [0.1, 0.15) is 27.9 Å². The van der Waals surface area contributed by atoms with Crippen LogP contribution in [0.1, 0.15) is 12.8 Å². The molecule has 2 saturated heterocycles. The largest absolute Gasteiger partial charge is 0.472 e. The highest BCUT2D eigenvalue weighted by Gasteiger charge is 2.41. The highest BCUT2D eigenvalue weighted by Crippen LogP contribution is 2.48. The molecule has 2 aliphatic rings. The van der Waals surface area contributed by atoms with Gasteiger partial charge in [-0.1, -0.05) is 0 Å². The van der Waals surface area contributed by atoms with Crippen molar-refractivity contribution in [2.45, 2.75) is 49.3 Å². The maximum Gasteiger partial charge on any atom is 0.472 e. The predicted octanol–water partition coefficient (Wildman–Crippen LogP) is -2.54. The normalized spacial score (nSPS) is 38.7. The molecule has 15 heteroatoms. The Hall–Kier alpha value is 0.230. The zero-order chi connectivity index (χ0) is 18.8. The topological polar surface area (TPSA) is 161 Å². The van der Waals surface area contributed by atoms with E-state index >= 15 is 0 Å². The summed E-state index contributed by atoms with van der Waals surface area (Å²) in [4.78, 5) is 27.3. The van der Waals surface area contributed by atoms with E-state index in [4.69, 9.17) is 28.3 Å². The van der Waals surface area contributed by atoms with Gasteiger partial charge < -0.3 is 29.3 Å². The lowest BCUT2D eigenvalue weighted by Gasteiger charge is -2.23. The van der Waals surface area contributed by atoms with Gasteiger partial charge in [0, 0.05) is 12.0 Å². The SMILES string of the molecule is B[C@H]1CC(OP(=O)(O)OC[C@H]2O[C@@H](B)C[C@H]2O)[C@@H](COP(=O)(O)O)O1. The van der Waals surface area contributed by atoms with Crippen molar-refractivity contribution in [1.82, 2.24) is 0 Å². The van der Waals surface area contributed by atoms with E-state index in [1.165, 1.54) is 0 Å². The first kappa shape index (κ1) is 21.5. The van der Waals surface area contributed by atoms with Crippen molar-refractivity contribution in [3.05, 3.63) is 0 Å². The molecule has 0 bridgehead atoms. The van der Waals surface area contributed by atoms with E-state index in [2.05, 4.69) is 4.52 Å². The average Bonchev–Trinajstić information content (AvgIpc) is 2.95. The molecule has 2 unspecified atom stereocenters. The third-order valence-corrected chi connectivity index (χ3v) is 5.37. The van der Waals surface area contributed by atoms with Gasteiger partial charge in [0.25, 0.3) is 0 Å². The van der Waals surface area contributed by atoms with Crippen LogP contribution in [0.3, 0.4) is 0 Å². The van der Waals surface area contributed by atoms with Gasteiger partial charge in [-0.25, -0.2) is 9.13 Å². The highest BCUT2D eigenvalue weighted by molar-refractivity contribution is 7.47. The first-order valence-corrected chi connectivity index (χ1v) is 10.8. The lowest BCUT2D eigenvalue weighted by molar-refractivity contribution is -0.0247. The van der Waals surface area contributed by atoms with Crippen molar-refractivity contribution in [2.24, 2.45) is 0 Å². The average molecular weight is 402 g/mol. The van der Waals surface area contributed by atoms with Crippen molar-refractivity contribution in [3.63, 3.8) is 0 Å². The number of rotatable bonds is 8. The van der Waals surface area contributed by atoms with Crippen LogP contribution in [0.2, 0.25) is 0 Å². The van der Waals surface area contributed by atoms with Crippen molar-refractivity contribution < 1.29 is 52.0 Å². The Morgan fingerprint density at radius 1 is 0.960 bits per heavy atom. The molecule has 0 radical (unpaired) electrons. The zero-order valence-electron chi connectivity index (χ0n) is 13.8. The number of hydrogen-bond donors (Lipinski definition) is 4. The molecule has 0 aromatic carbocycles. The van der Waals surface area contributed by atoms with E-state index in [-0.39, 0.29) is 25.0 Å². The Morgan fingerprint density at radius 3 is 2.08 bits per heavy atom. The molecule has 0 aromatic rings. The Bertz CT molecular complexity index is 545. The summed E-state index contributed by atoms with van der Waals surface area (Å²) in [6.45, 7) is -0.826. The summed E-state index contributed by atoms with van der Waals surface area (Å²) >= 11 is 0. The number of aliphatic hydroxyl groups is 1. The molecule has 0 saturated carbocycles. The first-order valence-electron chi connectivity index (χ1n) is 7.80. The van der Waals surface area contributed by atoms with E-state index in [0.717, 1.165) is 0 Å². The van der Waals surface area contributed by atoms with Crippen LogP contribution in [0.5, 0.6) is 0 Å². The fraction of sp³-hybridized carbons (Fsp3) is 1.00. The molecule has 11 nitrogen and oxygen atoms in total. The van der Waals surface area contributed by atoms with Crippen molar-refractivity contribution in [2.75, 3.05) is 13.2 Å². The van der Waals surface area contributed by atoms with E-state index in [9.17, 15) is 19.1 Å². The van der Waals surface area contributed by atoms with Gasteiger partial charge in [0.15, 0.2) is 0 Å². The molecule has 2 heterocycles. The van der Waals surface area contributed by atoms with E-state index in [1.54, 1.807) is 15.7 Å². The molecule has 7 atom stereocenters. The Balaban J connectivity index is 1.86. The fourth-order valence-corrected chi connectivity index (χ4v) is 4.11. The van der Waals surface area contributed by atoms with Crippen LogP contribution in [0, 0.1) is 0 Å². The van der Waals surface area contributed by atoms with Gasteiger partial charge in [-0.05, 0) is 12.8 Å². The first-order chi connectivity index (χ1) is 11.5. The minimum Gasteiger partial charge on any atom is -0.390 e. The molecule has 144 valence electrons. The molecule has 2 fully saturated rings. The standard InChI is InChI=1S/C10H22B2O11P2/c11-9-1-5(13)7(21-9)3-20-25(17,18)23-6-2-10(12)22-8(6)4-19-24(14,15)16/h5-10,13H,1-4,11-12H2,(H,17,18)(H2,14,15,16)/t5-,6?,7-,8-,9-,10-/m1/s1. The van der Waals surface area contributed by atoms with Gasteiger partial charge in [-0.3, -0.25) is 13.6 Å². The summed E-state index contributed by atoms with van der Waals surface area (Å²) in [5.41, 5.74) is 0. The van der Waals surface area contributed by atoms with Crippen LogP contribution in [0.15, 0.2) is 0 Å². The molecule has 0 amide bonds. The van der Waals surface area contributed by atoms with Crippen LogP contribution in [0.25, 0.3) is 0 Å². The Morgan fingerprint density at radius 2 is 1.52 bits per heavy atom. The van der Waals surface area contributed by atoms with Crippen LogP contribution < -0.4 is 0 Å². The maximum absolute atomic E-state index is 12.1. The number of ether oxygens (including phenoxy) is 2. The molecule has 0 aliphatic carbocycles. The summed E-state index contributed by atoms with van der Waals surface area (Å²) in [5, 5.41) is 9.74. The lowest BCUT2D eigenvalue weighted by Crippen LogP contribution is -2.30. The number of hydrogen-bond acceptors (Lipinski definition) is 8. The monoisotopic (exact) mass is 402 g/mol.